The van der Waals surface area contributed by atoms with E-state index in [9.17, 15) is 4.79 Å². The summed E-state index contributed by atoms with van der Waals surface area (Å²) in [6.07, 6.45) is -0.512. The second-order valence-electron chi connectivity index (χ2n) is 4.52. The van der Waals surface area contributed by atoms with Crippen molar-refractivity contribution in [3.63, 3.8) is 0 Å². The minimum atomic E-state index is -0.312. The van der Waals surface area contributed by atoms with Crippen molar-refractivity contribution in [2.24, 2.45) is 0 Å². The molecule has 1 aromatic carbocycles. The number of hydrogen-bond donors (Lipinski definition) is 0. The normalized spacial score (nSPS) is 19.9. The number of amides is 1. The quantitative estimate of drug-likeness (QED) is 0.773. The Balaban J connectivity index is 2.15. The molecule has 1 aliphatic heterocycles. The second-order valence-corrected chi connectivity index (χ2v) is 4.83. The maximum atomic E-state index is 11.6. The predicted molar refractivity (Wildman–Crippen MR) is 68.9 cm³/mol. The number of hydrogen-bond acceptors (Lipinski definition) is 2. The van der Waals surface area contributed by atoms with Crippen LogP contribution >= 0.6 is 11.6 Å². The standard InChI is InChI=1S/C13H16ClNO2/c1-9(2)10-3-5-11(6-4-10)15-8-12(7-14)17-13(15)16/h3-6,9,12H,7-8H2,1-2H3/t12-/m0/s1. The van der Waals surface area contributed by atoms with Crippen LogP contribution in [0.4, 0.5) is 10.5 Å². The lowest BCUT2D eigenvalue weighted by molar-refractivity contribution is 0.151. The Bertz CT molecular complexity index is 402. The molecule has 0 aliphatic carbocycles. The number of alkyl halides is 1. The van der Waals surface area contributed by atoms with Crippen LogP contribution in [0.1, 0.15) is 25.3 Å². The molecule has 0 bridgehead atoms. The van der Waals surface area contributed by atoms with Gasteiger partial charge in [0.1, 0.15) is 6.10 Å². The van der Waals surface area contributed by atoms with Gasteiger partial charge in [-0.05, 0) is 23.6 Å². The fourth-order valence-corrected chi connectivity index (χ4v) is 2.01. The van der Waals surface area contributed by atoms with Crippen molar-refractivity contribution >= 4 is 23.4 Å². The Labute approximate surface area is 106 Å². The number of carbonyl (C=O) groups excluding carboxylic acids is 1. The van der Waals surface area contributed by atoms with Gasteiger partial charge in [-0.2, -0.15) is 0 Å². The SMILES string of the molecule is CC(C)c1ccc(N2C[C@H](CCl)OC2=O)cc1. The van der Waals surface area contributed by atoms with Crippen molar-refractivity contribution in [3.05, 3.63) is 29.8 Å². The predicted octanol–water partition coefficient (Wildman–Crippen LogP) is 3.37. The smallest absolute Gasteiger partial charge is 0.414 e. The first-order chi connectivity index (χ1) is 8.11. The lowest BCUT2D eigenvalue weighted by Gasteiger charge is -2.14. The number of rotatable bonds is 3. The van der Waals surface area contributed by atoms with Crippen LogP contribution in [0.3, 0.4) is 0 Å². The molecule has 1 atom stereocenters. The van der Waals surface area contributed by atoms with Gasteiger partial charge in [0.15, 0.2) is 0 Å². The van der Waals surface area contributed by atoms with E-state index in [4.69, 9.17) is 16.3 Å². The Morgan fingerprint density at radius 3 is 2.53 bits per heavy atom. The fraction of sp³-hybridized carbons (Fsp3) is 0.462. The molecule has 0 spiro atoms. The van der Waals surface area contributed by atoms with Gasteiger partial charge in [0.25, 0.3) is 0 Å². The molecule has 0 aromatic heterocycles. The highest BCUT2D eigenvalue weighted by Crippen LogP contribution is 2.24. The molecule has 1 fully saturated rings. The molecule has 0 N–H and O–H groups in total. The largest absolute Gasteiger partial charge is 0.443 e. The Hall–Kier alpha value is -1.22. The zero-order chi connectivity index (χ0) is 12.4. The molecule has 4 heteroatoms. The van der Waals surface area contributed by atoms with Crippen molar-refractivity contribution < 1.29 is 9.53 Å². The summed E-state index contributed by atoms with van der Waals surface area (Å²) in [5.74, 6) is 0.830. The van der Waals surface area contributed by atoms with Gasteiger partial charge in [-0.25, -0.2) is 4.79 Å². The van der Waals surface area contributed by atoms with Gasteiger partial charge in [0.05, 0.1) is 12.4 Å². The summed E-state index contributed by atoms with van der Waals surface area (Å²) in [6.45, 7) is 4.81. The van der Waals surface area contributed by atoms with Gasteiger partial charge in [-0.15, -0.1) is 11.6 Å². The molecule has 1 heterocycles. The second kappa shape index (κ2) is 4.96. The van der Waals surface area contributed by atoms with E-state index in [0.29, 0.717) is 18.3 Å². The van der Waals surface area contributed by atoms with Crippen molar-refractivity contribution in [2.45, 2.75) is 25.9 Å². The Morgan fingerprint density at radius 1 is 1.41 bits per heavy atom. The van der Waals surface area contributed by atoms with Crippen LogP contribution in [-0.2, 0) is 4.74 Å². The number of ether oxygens (including phenoxy) is 1. The van der Waals surface area contributed by atoms with Crippen LogP contribution in [0, 0.1) is 0 Å². The van der Waals surface area contributed by atoms with E-state index in [1.54, 1.807) is 4.90 Å². The molecule has 1 amide bonds. The van der Waals surface area contributed by atoms with Crippen molar-refractivity contribution in [1.29, 1.82) is 0 Å². The van der Waals surface area contributed by atoms with Crippen molar-refractivity contribution in [3.8, 4) is 0 Å². The molecular weight excluding hydrogens is 238 g/mol. The molecule has 92 valence electrons. The van der Waals surface area contributed by atoms with Crippen molar-refractivity contribution in [1.82, 2.24) is 0 Å². The topological polar surface area (TPSA) is 29.5 Å². The number of anilines is 1. The van der Waals surface area contributed by atoms with Gasteiger partial charge in [-0.1, -0.05) is 26.0 Å². The number of benzene rings is 1. The van der Waals surface area contributed by atoms with E-state index in [1.807, 2.05) is 24.3 Å². The van der Waals surface area contributed by atoms with Gasteiger partial charge in [0, 0.05) is 5.69 Å². The number of cyclic esters (lactones) is 1. The molecule has 3 nitrogen and oxygen atoms in total. The molecule has 0 unspecified atom stereocenters. The molecule has 2 rings (SSSR count). The van der Waals surface area contributed by atoms with Crippen LogP contribution in [0.25, 0.3) is 0 Å². The minimum Gasteiger partial charge on any atom is -0.443 e. The van der Waals surface area contributed by atoms with E-state index < -0.39 is 0 Å². The van der Waals surface area contributed by atoms with E-state index in [-0.39, 0.29) is 12.2 Å². The third-order valence-electron chi connectivity index (χ3n) is 2.92. The molecule has 1 saturated heterocycles. The van der Waals surface area contributed by atoms with E-state index >= 15 is 0 Å². The Kier molecular flexibility index (Phi) is 3.57. The number of nitrogens with zero attached hydrogens (tertiary/aromatic N) is 1. The van der Waals surface area contributed by atoms with Gasteiger partial charge >= 0.3 is 6.09 Å². The average Bonchev–Trinajstić information content (AvgIpc) is 2.71. The highest BCUT2D eigenvalue weighted by Gasteiger charge is 2.31. The summed E-state index contributed by atoms with van der Waals surface area (Å²) >= 11 is 5.69. The first kappa shape index (κ1) is 12.2. The summed E-state index contributed by atoms with van der Waals surface area (Å²) in [7, 11) is 0. The number of carbonyl (C=O) groups is 1. The summed E-state index contributed by atoms with van der Waals surface area (Å²) in [5, 5.41) is 0. The first-order valence-corrected chi connectivity index (χ1v) is 6.29. The van der Waals surface area contributed by atoms with Gasteiger partial charge in [0.2, 0.25) is 0 Å². The summed E-state index contributed by atoms with van der Waals surface area (Å²) in [5.41, 5.74) is 2.13. The maximum absolute atomic E-state index is 11.6. The van der Waals surface area contributed by atoms with Crippen LogP contribution < -0.4 is 4.90 Å². The third-order valence-corrected chi connectivity index (χ3v) is 3.26. The lowest BCUT2D eigenvalue weighted by Crippen LogP contribution is -2.24. The van der Waals surface area contributed by atoms with Gasteiger partial charge < -0.3 is 4.74 Å². The van der Waals surface area contributed by atoms with E-state index in [2.05, 4.69) is 13.8 Å². The summed E-state index contributed by atoms with van der Waals surface area (Å²) < 4.78 is 5.11. The van der Waals surface area contributed by atoms with E-state index in [1.165, 1.54) is 5.56 Å². The van der Waals surface area contributed by atoms with Crippen LogP contribution in [0.2, 0.25) is 0 Å². The maximum Gasteiger partial charge on any atom is 0.414 e. The molecule has 1 aromatic rings. The molecule has 17 heavy (non-hydrogen) atoms. The monoisotopic (exact) mass is 253 g/mol. The van der Waals surface area contributed by atoms with Crippen LogP contribution in [0.15, 0.2) is 24.3 Å². The molecule has 0 saturated carbocycles. The fourth-order valence-electron chi connectivity index (χ4n) is 1.85. The van der Waals surface area contributed by atoms with Gasteiger partial charge in [-0.3, -0.25) is 4.90 Å². The molecular formula is C13H16ClNO2. The zero-order valence-corrected chi connectivity index (χ0v) is 10.8. The summed E-state index contributed by atoms with van der Waals surface area (Å²) in [6, 6.07) is 7.99. The molecule has 0 radical (unpaired) electrons. The third kappa shape index (κ3) is 2.55. The zero-order valence-electron chi connectivity index (χ0n) is 10.0. The Morgan fingerprint density at radius 2 is 2.06 bits per heavy atom. The van der Waals surface area contributed by atoms with Crippen LogP contribution in [-0.4, -0.2) is 24.6 Å². The first-order valence-electron chi connectivity index (χ1n) is 5.76. The summed E-state index contributed by atoms with van der Waals surface area (Å²) in [4.78, 5) is 13.2. The molecule has 1 aliphatic rings. The van der Waals surface area contributed by atoms with E-state index in [0.717, 1.165) is 5.69 Å². The average molecular weight is 254 g/mol. The van der Waals surface area contributed by atoms with Crippen molar-refractivity contribution in [2.75, 3.05) is 17.3 Å². The lowest BCUT2D eigenvalue weighted by atomic mass is 10.0. The highest BCUT2D eigenvalue weighted by atomic mass is 35.5. The number of halogens is 1. The minimum absolute atomic E-state index is 0.200. The highest BCUT2D eigenvalue weighted by molar-refractivity contribution is 6.18. The van der Waals surface area contributed by atoms with Crippen LogP contribution in [0.5, 0.6) is 0 Å².